The number of ether oxygens (including phenoxy) is 1. The number of halogens is 1. The van der Waals surface area contributed by atoms with Crippen LogP contribution in [0.5, 0.6) is 5.75 Å². The molecule has 1 fully saturated rings. The molecule has 0 bridgehead atoms. The third-order valence-electron chi connectivity index (χ3n) is 2.09. The van der Waals surface area contributed by atoms with Gasteiger partial charge >= 0.3 is 0 Å². The molecule has 1 saturated heterocycles. The molecule has 1 aromatic rings. The van der Waals surface area contributed by atoms with Crippen LogP contribution in [0.3, 0.4) is 0 Å². The molecule has 1 aromatic heterocycles. The van der Waals surface area contributed by atoms with Gasteiger partial charge in [-0.1, -0.05) is 0 Å². The van der Waals surface area contributed by atoms with E-state index in [2.05, 4.69) is 10.3 Å². The van der Waals surface area contributed by atoms with E-state index in [9.17, 15) is 4.39 Å². The topological polar surface area (TPSA) is 34.1 Å². The van der Waals surface area contributed by atoms with Gasteiger partial charge in [0.15, 0.2) is 5.75 Å². The van der Waals surface area contributed by atoms with Crippen molar-refractivity contribution in [3.63, 3.8) is 0 Å². The SMILES string of the molecule is Fc1ncccc1OC[C@H]1CCN1. The third kappa shape index (κ3) is 1.95. The Morgan fingerprint density at radius 3 is 3.15 bits per heavy atom. The molecule has 0 aromatic carbocycles. The Balaban J connectivity index is 1.89. The summed E-state index contributed by atoms with van der Waals surface area (Å²) in [6.07, 6.45) is 2.51. The van der Waals surface area contributed by atoms with E-state index in [1.165, 1.54) is 6.20 Å². The Bertz CT molecular complexity index is 289. The van der Waals surface area contributed by atoms with Crippen molar-refractivity contribution >= 4 is 0 Å². The van der Waals surface area contributed by atoms with Gasteiger partial charge in [-0.2, -0.15) is 4.39 Å². The first-order valence-corrected chi connectivity index (χ1v) is 4.33. The zero-order valence-electron chi connectivity index (χ0n) is 7.16. The number of nitrogens with one attached hydrogen (secondary N) is 1. The Morgan fingerprint density at radius 1 is 1.69 bits per heavy atom. The zero-order chi connectivity index (χ0) is 9.10. The first-order chi connectivity index (χ1) is 6.36. The third-order valence-corrected chi connectivity index (χ3v) is 2.09. The number of pyridine rings is 1. The molecule has 0 radical (unpaired) electrons. The van der Waals surface area contributed by atoms with Gasteiger partial charge in [0.2, 0.25) is 0 Å². The lowest BCUT2D eigenvalue weighted by Gasteiger charge is -2.27. The molecule has 0 unspecified atom stereocenters. The van der Waals surface area contributed by atoms with Crippen molar-refractivity contribution in [2.24, 2.45) is 0 Å². The van der Waals surface area contributed by atoms with Gasteiger partial charge in [0.25, 0.3) is 5.95 Å². The summed E-state index contributed by atoms with van der Waals surface area (Å²) in [4.78, 5) is 3.49. The summed E-state index contributed by atoms with van der Waals surface area (Å²) in [7, 11) is 0. The lowest BCUT2D eigenvalue weighted by atomic mass is 10.1. The highest BCUT2D eigenvalue weighted by Crippen LogP contribution is 2.14. The minimum atomic E-state index is -0.540. The summed E-state index contributed by atoms with van der Waals surface area (Å²) >= 11 is 0. The van der Waals surface area contributed by atoms with E-state index >= 15 is 0 Å². The normalized spacial score (nSPS) is 20.8. The van der Waals surface area contributed by atoms with Crippen LogP contribution in [0.15, 0.2) is 18.3 Å². The molecule has 0 amide bonds. The first kappa shape index (κ1) is 8.44. The molecule has 1 atom stereocenters. The molecular formula is C9H11FN2O. The highest BCUT2D eigenvalue weighted by Gasteiger charge is 2.17. The van der Waals surface area contributed by atoms with E-state index in [0.29, 0.717) is 12.6 Å². The van der Waals surface area contributed by atoms with Crippen LogP contribution in [0, 0.1) is 5.95 Å². The minimum Gasteiger partial charge on any atom is -0.487 e. The predicted molar refractivity (Wildman–Crippen MR) is 46.1 cm³/mol. The zero-order valence-corrected chi connectivity index (χ0v) is 7.16. The first-order valence-electron chi connectivity index (χ1n) is 4.33. The number of hydrogen-bond acceptors (Lipinski definition) is 3. The molecule has 0 aliphatic carbocycles. The summed E-state index contributed by atoms with van der Waals surface area (Å²) in [5, 5.41) is 3.17. The monoisotopic (exact) mass is 182 g/mol. The molecule has 13 heavy (non-hydrogen) atoms. The van der Waals surface area contributed by atoms with Gasteiger partial charge in [0.1, 0.15) is 6.61 Å². The van der Waals surface area contributed by atoms with Gasteiger partial charge in [-0.15, -0.1) is 0 Å². The fourth-order valence-corrected chi connectivity index (χ4v) is 1.16. The van der Waals surface area contributed by atoms with Gasteiger partial charge < -0.3 is 10.1 Å². The Morgan fingerprint density at radius 2 is 2.54 bits per heavy atom. The molecule has 70 valence electrons. The number of hydrogen-bond donors (Lipinski definition) is 1. The van der Waals surface area contributed by atoms with E-state index in [0.717, 1.165) is 13.0 Å². The molecule has 1 aliphatic rings. The molecule has 0 spiro atoms. The van der Waals surface area contributed by atoms with Crippen LogP contribution in [0.25, 0.3) is 0 Å². The quantitative estimate of drug-likeness (QED) is 0.707. The van der Waals surface area contributed by atoms with Crippen LogP contribution >= 0.6 is 0 Å². The van der Waals surface area contributed by atoms with Crippen molar-refractivity contribution in [3.8, 4) is 5.75 Å². The smallest absolute Gasteiger partial charge is 0.255 e. The fraction of sp³-hybridized carbons (Fsp3) is 0.444. The second-order valence-electron chi connectivity index (χ2n) is 3.04. The number of nitrogens with zero attached hydrogens (tertiary/aromatic N) is 1. The molecule has 3 nitrogen and oxygen atoms in total. The van der Waals surface area contributed by atoms with Gasteiger partial charge in [0, 0.05) is 12.2 Å². The van der Waals surface area contributed by atoms with Crippen molar-refractivity contribution < 1.29 is 9.13 Å². The molecule has 4 heteroatoms. The largest absolute Gasteiger partial charge is 0.487 e. The van der Waals surface area contributed by atoms with Crippen molar-refractivity contribution in [1.29, 1.82) is 0 Å². The van der Waals surface area contributed by atoms with Gasteiger partial charge in [-0.25, -0.2) is 4.98 Å². The summed E-state index contributed by atoms with van der Waals surface area (Å²) < 4.78 is 18.1. The molecule has 2 rings (SSSR count). The summed E-state index contributed by atoms with van der Waals surface area (Å²) in [5.74, 6) is -0.307. The van der Waals surface area contributed by atoms with Crippen molar-refractivity contribution in [3.05, 3.63) is 24.3 Å². The minimum absolute atomic E-state index is 0.233. The Hall–Kier alpha value is -1.16. The highest BCUT2D eigenvalue weighted by molar-refractivity contribution is 5.17. The van der Waals surface area contributed by atoms with Crippen LogP contribution in [0.2, 0.25) is 0 Å². The molecule has 0 saturated carbocycles. The van der Waals surface area contributed by atoms with Crippen LogP contribution in [0.4, 0.5) is 4.39 Å². The average Bonchev–Trinajstić information content (AvgIpc) is 2.05. The van der Waals surface area contributed by atoms with Crippen LogP contribution < -0.4 is 10.1 Å². The van der Waals surface area contributed by atoms with E-state index in [1.807, 2.05) is 0 Å². The lowest BCUT2D eigenvalue weighted by molar-refractivity contribution is 0.209. The van der Waals surface area contributed by atoms with E-state index in [1.54, 1.807) is 12.1 Å². The average molecular weight is 182 g/mol. The van der Waals surface area contributed by atoms with E-state index in [-0.39, 0.29) is 5.75 Å². The molecular weight excluding hydrogens is 171 g/mol. The van der Waals surface area contributed by atoms with Crippen LogP contribution in [0.1, 0.15) is 6.42 Å². The van der Waals surface area contributed by atoms with Crippen molar-refractivity contribution in [2.75, 3.05) is 13.2 Å². The Kier molecular flexibility index (Phi) is 2.40. The standard InChI is InChI=1S/C9H11FN2O/c10-9-8(2-1-4-12-9)13-6-7-3-5-11-7/h1-2,4,7,11H,3,5-6H2/t7-/m1/s1. The maximum atomic E-state index is 12.9. The summed E-state index contributed by atoms with van der Waals surface area (Å²) in [6.45, 7) is 1.55. The van der Waals surface area contributed by atoms with Crippen LogP contribution in [-0.2, 0) is 0 Å². The second-order valence-corrected chi connectivity index (χ2v) is 3.04. The van der Waals surface area contributed by atoms with Crippen molar-refractivity contribution in [2.45, 2.75) is 12.5 Å². The highest BCUT2D eigenvalue weighted by atomic mass is 19.1. The predicted octanol–water partition coefficient (Wildman–Crippen LogP) is 0.961. The van der Waals surface area contributed by atoms with E-state index < -0.39 is 5.95 Å². The summed E-state index contributed by atoms with van der Waals surface area (Å²) in [5.41, 5.74) is 0. The fourth-order valence-electron chi connectivity index (χ4n) is 1.16. The van der Waals surface area contributed by atoms with Gasteiger partial charge in [-0.05, 0) is 25.1 Å². The number of aromatic nitrogens is 1. The molecule has 2 heterocycles. The number of rotatable bonds is 3. The second kappa shape index (κ2) is 3.70. The van der Waals surface area contributed by atoms with Crippen molar-refractivity contribution in [1.82, 2.24) is 10.3 Å². The Labute approximate surface area is 75.9 Å². The van der Waals surface area contributed by atoms with Gasteiger partial charge in [-0.3, -0.25) is 0 Å². The maximum absolute atomic E-state index is 12.9. The maximum Gasteiger partial charge on any atom is 0.255 e. The summed E-state index contributed by atoms with van der Waals surface area (Å²) in [6, 6.07) is 3.62. The lowest BCUT2D eigenvalue weighted by Crippen LogP contribution is -2.46. The van der Waals surface area contributed by atoms with Crippen LogP contribution in [-0.4, -0.2) is 24.2 Å². The van der Waals surface area contributed by atoms with E-state index in [4.69, 9.17) is 4.74 Å². The molecule has 1 aliphatic heterocycles. The van der Waals surface area contributed by atoms with Gasteiger partial charge in [0.05, 0.1) is 0 Å². The molecule has 1 N–H and O–H groups in total.